The molecule has 6 atom stereocenters. The Kier molecular flexibility index (Phi) is 9.35. The largest absolute Gasteiger partial charge is 0.394 e. The highest BCUT2D eigenvalue weighted by Gasteiger charge is 2.78. The van der Waals surface area contributed by atoms with Gasteiger partial charge >= 0.3 is 0 Å². The molecule has 8 nitrogen and oxygen atoms in total. The Balaban J connectivity index is 1.63. The average Bonchev–Trinajstić information content (AvgIpc) is 3.59. The summed E-state index contributed by atoms with van der Waals surface area (Å²) in [5.74, 6) is -2.47. The molecule has 3 amide bonds. The van der Waals surface area contributed by atoms with Gasteiger partial charge in [0.1, 0.15) is 11.6 Å². The first-order chi connectivity index (χ1) is 21.2. The van der Waals surface area contributed by atoms with Gasteiger partial charge < -0.3 is 24.5 Å². The van der Waals surface area contributed by atoms with Crippen LogP contribution in [0.2, 0.25) is 5.02 Å². The number of amides is 3. The molecule has 0 aromatic heterocycles. The Morgan fingerprint density at radius 2 is 1.77 bits per heavy atom. The van der Waals surface area contributed by atoms with E-state index in [0.717, 1.165) is 12.0 Å². The SMILES string of the molecule is C=CCN(CCC)C(=O)[C@@H]1[C@H]2C(=O)N([C@@H](CO)Cc3ccccc3)C(C(=O)N(CC=C)c3ccc(Cl)cc3)C23CC[C@@]1(C)O3. The van der Waals surface area contributed by atoms with Crippen LogP contribution in [-0.2, 0) is 25.5 Å². The lowest BCUT2D eigenvalue weighted by molar-refractivity contribution is -0.152. The number of aliphatic hydroxyl groups excluding tert-OH is 1. The van der Waals surface area contributed by atoms with Crippen LogP contribution >= 0.6 is 11.6 Å². The number of rotatable bonds is 13. The van der Waals surface area contributed by atoms with Crippen molar-refractivity contribution in [2.75, 3.05) is 31.1 Å². The van der Waals surface area contributed by atoms with Crippen molar-refractivity contribution < 1.29 is 24.2 Å². The molecule has 3 heterocycles. The number of hydrogen-bond donors (Lipinski definition) is 1. The number of benzene rings is 2. The van der Waals surface area contributed by atoms with Gasteiger partial charge in [-0.15, -0.1) is 13.2 Å². The van der Waals surface area contributed by atoms with Crippen LogP contribution in [0.5, 0.6) is 0 Å². The number of carbonyl (C=O) groups is 3. The Morgan fingerprint density at radius 3 is 2.39 bits per heavy atom. The second kappa shape index (κ2) is 12.9. The first-order valence-corrected chi connectivity index (χ1v) is 15.8. The van der Waals surface area contributed by atoms with Gasteiger partial charge in [-0.05, 0) is 62.4 Å². The molecular weight excluding hydrogens is 578 g/mol. The molecule has 1 N–H and O–H groups in total. The molecule has 1 spiro atoms. The minimum absolute atomic E-state index is 0.161. The third-order valence-corrected chi connectivity index (χ3v) is 9.76. The monoisotopic (exact) mass is 619 g/mol. The van der Waals surface area contributed by atoms with Crippen LogP contribution < -0.4 is 4.90 Å². The molecule has 0 aliphatic carbocycles. The highest BCUT2D eigenvalue weighted by Crippen LogP contribution is 2.64. The van der Waals surface area contributed by atoms with E-state index in [0.29, 0.717) is 43.1 Å². The molecule has 3 aliphatic heterocycles. The summed E-state index contributed by atoms with van der Waals surface area (Å²) in [6.07, 6.45) is 5.39. The summed E-state index contributed by atoms with van der Waals surface area (Å²) in [5, 5.41) is 11.3. The van der Waals surface area contributed by atoms with Gasteiger partial charge in [0.25, 0.3) is 5.91 Å². The van der Waals surface area contributed by atoms with Crippen LogP contribution in [-0.4, -0.2) is 82.2 Å². The van der Waals surface area contributed by atoms with E-state index < -0.39 is 35.1 Å². The zero-order valence-corrected chi connectivity index (χ0v) is 26.3. The van der Waals surface area contributed by atoms with Gasteiger partial charge in [0.05, 0.1) is 30.1 Å². The van der Waals surface area contributed by atoms with Crippen molar-refractivity contribution in [3.8, 4) is 0 Å². The summed E-state index contributed by atoms with van der Waals surface area (Å²) >= 11 is 6.17. The molecule has 9 heteroatoms. The van der Waals surface area contributed by atoms with Crippen LogP contribution in [0.4, 0.5) is 5.69 Å². The van der Waals surface area contributed by atoms with E-state index >= 15 is 0 Å². The lowest BCUT2D eigenvalue weighted by Crippen LogP contribution is -2.59. The highest BCUT2D eigenvalue weighted by atomic mass is 35.5. The number of likely N-dealkylation sites (tertiary alicyclic amines) is 1. The van der Waals surface area contributed by atoms with E-state index in [-0.39, 0.29) is 30.9 Å². The van der Waals surface area contributed by atoms with E-state index in [9.17, 15) is 19.5 Å². The number of ether oxygens (including phenoxy) is 1. The van der Waals surface area contributed by atoms with Crippen molar-refractivity contribution >= 4 is 35.0 Å². The Morgan fingerprint density at radius 1 is 1.09 bits per heavy atom. The van der Waals surface area contributed by atoms with E-state index in [1.54, 1.807) is 46.2 Å². The Labute approximate surface area is 264 Å². The second-order valence-corrected chi connectivity index (χ2v) is 12.7. The van der Waals surface area contributed by atoms with Crippen molar-refractivity contribution in [1.82, 2.24) is 9.80 Å². The molecule has 5 rings (SSSR count). The summed E-state index contributed by atoms with van der Waals surface area (Å²) in [6, 6.07) is 14.7. The third kappa shape index (κ3) is 5.37. The van der Waals surface area contributed by atoms with E-state index in [1.165, 1.54) is 4.90 Å². The van der Waals surface area contributed by atoms with E-state index in [4.69, 9.17) is 16.3 Å². The Bertz CT molecular complexity index is 1400. The van der Waals surface area contributed by atoms with Gasteiger partial charge in [-0.25, -0.2) is 0 Å². The first kappa shape index (κ1) is 31.9. The van der Waals surface area contributed by atoms with Crippen LogP contribution in [0.15, 0.2) is 79.9 Å². The van der Waals surface area contributed by atoms with Crippen molar-refractivity contribution in [3.63, 3.8) is 0 Å². The number of fused-ring (bicyclic) bond motifs is 1. The van der Waals surface area contributed by atoms with Gasteiger partial charge in [-0.2, -0.15) is 0 Å². The maximum Gasteiger partial charge on any atom is 0.253 e. The number of carbonyl (C=O) groups excluding carboxylic acids is 3. The predicted octanol–water partition coefficient (Wildman–Crippen LogP) is 4.65. The number of aliphatic hydroxyl groups is 1. The molecule has 3 fully saturated rings. The molecule has 2 unspecified atom stereocenters. The molecule has 2 aromatic rings. The van der Waals surface area contributed by atoms with E-state index in [2.05, 4.69) is 13.2 Å². The van der Waals surface area contributed by atoms with Gasteiger partial charge in [-0.1, -0.05) is 61.0 Å². The number of nitrogens with zero attached hydrogens (tertiary/aromatic N) is 3. The molecule has 0 saturated carbocycles. The lowest BCUT2D eigenvalue weighted by Gasteiger charge is -2.39. The second-order valence-electron chi connectivity index (χ2n) is 12.3. The minimum atomic E-state index is -1.23. The fourth-order valence-electron chi connectivity index (χ4n) is 7.68. The standard InChI is InChI=1S/C35H42ClN3O5/c1-5-19-37(20-6-2)31(41)28-29-32(42)39(27(23-40)22-24-11-9-8-10-12-24)30(35(29)18-17-34(28,4)44-35)33(43)38(21-7-3)26-15-13-25(36)14-16-26/h5,7-16,27-30,40H,1,3,6,17-23H2,2,4H3/t27-,28+,29+,30?,34-,35?/m1/s1. The van der Waals surface area contributed by atoms with Crippen molar-refractivity contribution in [3.05, 3.63) is 90.5 Å². The number of anilines is 1. The summed E-state index contributed by atoms with van der Waals surface area (Å²) in [5.41, 5.74) is -0.620. The fourth-order valence-corrected chi connectivity index (χ4v) is 7.81. The minimum Gasteiger partial charge on any atom is -0.394 e. The predicted molar refractivity (Wildman–Crippen MR) is 171 cm³/mol. The molecule has 2 aromatic carbocycles. The lowest BCUT2D eigenvalue weighted by atomic mass is 9.66. The van der Waals surface area contributed by atoms with Gasteiger partial charge in [0.2, 0.25) is 11.8 Å². The number of hydrogen-bond acceptors (Lipinski definition) is 5. The molecule has 3 aliphatic rings. The van der Waals surface area contributed by atoms with Crippen LogP contribution in [0.1, 0.15) is 38.7 Å². The van der Waals surface area contributed by atoms with Crippen molar-refractivity contribution in [2.45, 2.75) is 62.8 Å². The van der Waals surface area contributed by atoms with Crippen molar-refractivity contribution in [2.24, 2.45) is 11.8 Å². The van der Waals surface area contributed by atoms with Crippen LogP contribution in [0, 0.1) is 11.8 Å². The molecule has 2 bridgehead atoms. The average molecular weight is 620 g/mol. The maximum atomic E-state index is 14.9. The smallest absolute Gasteiger partial charge is 0.253 e. The van der Waals surface area contributed by atoms with E-state index in [1.807, 2.05) is 44.2 Å². The highest BCUT2D eigenvalue weighted by molar-refractivity contribution is 6.30. The van der Waals surface area contributed by atoms with Gasteiger partial charge in [-0.3, -0.25) is 14.4 Å². The van der Waals surface area contributed by atoms with Crippen LogP contribution in [0.3, 0.4) is 0 Å². The molecule has 3 saturated heterocycles. The molecule has 0 radical (unpaired) electrons. The molecule has 234 valence electrons. The van der Waals surface area contributed by atoms with Gasteiger partial charge in [0, 0.05) is 30.3 Å². The Hall–Kier alpha value is -3.46. The fraction of sp³-hybridized carbons (Fsp3) is 0.457. The molecular formula is C35H42ClN3O5. The topological polar surface area (TPSA) is 90.4 Å². The summed E-state index contributed by atoms with van der Waals surface area (Å²) in [7, 11) is 0. The zero-order chi connectivity index (χ0) is 31.6. The van der Waals surface area contributed by atoms with Crippen molar-refractivity contribution in [1.29, 1.82) is 0 Å². The number of halogens is 1. The first-order valence-electron chi connectivity index (χ1n) is 15.4. The third-order valence-electron chi connectivity index (χ3n) is 9.50. The quantitative estimate of drug-likeness (QED) is 0.330. The maximum absolute atomic E-state index is 14.9. The normalized spacial score (nSPS) is 27.6. The zero-order valence-electron chi connectivity index (χ0n) is 25.5. The van der Waals surface area contributed by atoms with Crippen LogP contribution in [0.25, 0.3) is 0 Å². The summed E-state index contributed by atoms with van der Waals surface area (Å²) in [4.78, 5) is 48.8. The molecule has 44 heavy (non-hydrogen) atoms. The summed E-state index contributed by atoms with van der Waals surface area (Å²) < 4.78 is 6.86. The van der Waals surface area contributed by atoms with Gasteiger partial charge in [0.15, 0.2) is 0 Å². The summed E-state index contributed by atoms with van der Waals surface area (Å²) in [6.45, 7) is 12.3.